The lowest BCUT2D eigenvalue weighted by Crippen LogP contribution is -2.29. The van der Waals surface area contributed by atoms with E-state index < -0.39 is 18.4 Å². The van der Waals surface area contributed by atoms with Gasteiger partial charge < -0.3 is 20.5 Å². The molecule has 1 heterocycles. The molecule has 0 radical (unpaired) electrons. The van der Waals surface area contributed by atoms with Crippen molar-refractivity contribution < 1.29 is 19.8 Å². The normalized spacial score (nSPS) is 10.5. The van der Waals surface area contributed by atoms with Crippen molar-refractivity contribution in [1.29, 1.82) is 0 Å². The standard InChI is InChI=1S/C12H12N2O4/c1-6-10(12(18)13-5-9(16)17)7-3-2-4-8(15)11(7)14-6/h2-4,14-15H,5H2,1H3,(H,13,18)(H,16,17). The predicted molar refractivity (Wildman–Crippen MR) is 64.7 cm³/mol. The number of carbonyl (C=O) groups is 2. The summed E-state index contributed by atoms with van der Waals surface area (Å²) >= 11 is 0. The molecule has 1 aromatic heterocycles. The molecule has 0 aliphatic rings. The summed E-state index contributed by atoms with van der Waals surface area (Å²) in [4.78, 5) is 25.2. The Kier molecular flexibility index (Phi) is 2.93. The second kappa shape index (κ2) is 4.40. The molecule has 0 unspecified atom stereocenters. The van der Waals surface area contributed by atoms with Gasteiger partial charge in [-0.1, -0.05) is 12.1 Å². The molecular formula is C12H12N2O4. The fourth-order valence-electron chi connectivity index (χ4n) is 1.87. The number of benzene rings is 1. The molecule has 0 saturated heterocycles. The van der Waals surface area contributed by atoms with Crippen molar-refractivity contribution in [3.63, 3.8) is 0 Å². The fourth-order valence-corrected chi connectivity index (χ4v) is 1.87. The molecule has 6 nitrogen and oxygen atoms in total. The first-order valence-electron chi connectivity index (χ1n) is 5.31. The van der Waals surface area contributed by atoms with Gasteiger partial charge in [0.05, 0.1) is 11.1 Å². The Morgan fingerprint density at radius 2 is 2.11 bits per heavy atom. The summed E-state index contributed by atoms with van der Waals surface area (Å²) < 4.78 is 0. The van der Waals surface area contributed by atoms with E-state index in [1.165, 1.54) is 6.07 Å². The van der Waals surface area contributed by atoms with E-state index in [9.17, 15) is 14.7 Å². The van der Waals surface area contributed by atoms with E-state index in [0.717, 1.165) is 0 Å². The van der Waals surface area contributed by atoms with Crippen molar-refractivity contribution in [3.05, 3.63) is 29.5 Å². The van der Waals surface area contributed by atoms with Crippen molar-refractivity contribution in [1.82, 2.24) is 10.3 Å². The number of carboxylic acid groups (broad SMARTS) is 1. The number of aryl methyl sites for hydroxylation is 1. The number of phenolic OH excluding ortho intramolecular Hbond substituents is 1. The number of carboxylic acids is 1. The lowest BCUT2D eigenvalue weighted by Gasteiger charge is -2.02. The second-order valence-electron chi connectivity index (χ2n) is 3.90. The van der Waals surface area contributed by atoms with Crippen molar-refractivity contribution in [3.8, 4) is 5.75 Å². The van der Waals surface area contributed by atoms with Crippen LogP contribution in [-0.4, -0.2) is 33.6 Å². The van der Waals surface area contributed by atoms with Crippen LogP contribution in [0.5, 0.6) is 5.75 Å². The molecular weight excluding hydrogens is 236 g/mol. The Balaban J connectivity index is 2.44. The number of carbonyl (C=O) groups excluding carboxylic acids is 1. The molecule has 6 heteroatoms. The van der Waals surface area contributed by atoms with Gasteiger partial charge in [0.15, 0.2) is 0 Å². The monoisotopic (exact) mass is 248 g/mol. The van der Waals surface area contributed by atoms with Crippen molar-refractivity contribution in [2.45, 2.75) is 6.92 Å². The Morgan fingerprint density at radius 1 is 1.39 bits per heavy atom. The van der Waals surface area contributed by atoms with Crippen LogP contribution < -0.4 is 5.32 Å². The molecule has 4 N–H and O–H groups in total. The molecule has 2 aromatic rings. The number of aliphatic carboxylic acids is 1. The Labute approximate surface area is 102 Å². The van der Waals surface area contributed by atoms with Gasteiger partial charge >= 0.3 is 5.97 Å². The summed E-state index contributed by atoms with van der Waals surface area (Å²) in [6, 6.07) is 4.82. The van der Waals surface area contributed by atoms with Crippen LogP contribution in [0.25, 0.3) is 10.9 Å². The highest BCUT2D eigenvalue weighted by molar-refractivity contribution is 6.09. The van der Waals surface area contributed by atoms with Gasteiger partial charge in [-0.15, -0.1) is 0 Å². The van der Waals surface area contributed by atoms with Gasteiger partial charge in [0.25, 0.3) is 5.91 Å². The topological polar surface area (TPSA) is 102 Å². The molecule has 0 aliphatic carbocycles. The number of para-hydroxylation sites is 1. The first-order chi connectivity index (χ1) is 8.50. The maximum Gasteiger partial charge on any atom is 0.322 e. The van der Waals surface area contributed by atoms with Crippen LogP contribution in [0.3, 0.4) is 0 Å². The number of aromatic nitrogens is 1. The quantitative estimate of drug-likeness (QED) is 0.650. The number of fused-ring (bicyclic) bond motifs is 1. The minimum Gasteiger partial charge on any atom is -0.506 e. The molecule has 94 valence electrons. The van der Waals surface area contributed by atoms with Crippen molar-refractivity contribution in [2.24, 2.45) is 0 Å². The van der Waals surface area contributed by atoms with Crippen LogP contribution in [0.1, 0.15) is 16.1 Å². The number of hydrogen-bond acceptors (Lipinski definition) is 3. The van der Waals surface area contributed by atoms with E-state index in [1.54, 1.807) is 19.1 Å². The van der Waals surface area contributed by atoms with Gasteiger partial charge in [-0.25, -0.2) is 0 Å². The van der Waals surface area contributed by atoms with Crippen molar-refractivity contribution in [2.75, 3.05) is 6.54 Å². The highest BCUT2D eigenvalue weighted by Crippen LogP contribution is 2.28. The zero-order valence-corrected chi connectivity index (χ0v) is 9.65. The van der Waals surface area contributed by atoms with Gasteiger partial charge in [-0.05, 0) is 13.0 Å². The lowest BCUT2D eigenvalue weighted by atomic mass is 10.1. The van der Waals surface area contributed by atoms with Gasteiger partial charge in [-0.2, -0.15) is 0 Å². The van der Waals surface area contributed by atoms with E-state index in [4.69, 9.17) is 5.11 Å². The summed E-state index contributed by atoms with van der Waals surface area (Å²) in [5.74, 6) is -1.54. The third kappa shape index (κ3) is 2.00. The second-order valence-corrected chi connectivity index (χ2v) is 3.90. The number of phenols is 1. The minimum atomic E-state index is -1.11. The maximum atomic E-state index is 11.9. The first kappa shape index (κ1) is 12.0. The zero-order valence-electron chi connectivity index (χ0n) is 9.65. The highest BCUT2D eigenvalue weighted by Gasteiger charge is 2.17. The van der Waals surface area contributed by atoms with Gasteiger partial charge in [-0.3, -0.25) is 9.59 Å². The number of aromatic amines is 1. The lowest BCUT2D eigenvalue weighted by molar-refractivity contribution is -0.135. The molecule has 1 aromatic carbocycles. The average Bonchev–Trinajstić information content (AvgIpc) is 2.64. The molecule has 0 spiro atoms. The summed E-state index contributed by atoms with van der Waals surface area (Å²) in [6.45, 7) is 1.25. The summed E-state index contributed by atoms with van der Waals surface area (Å²) in [7, 11) is 0. The third-order valence-corrected chi connectivity index (χ3v) is 2.63. The van der Waals surface area contributed by atoms with E-state index >= 15 is 0 Å². The Hall–Kier alpha value is -2.50. The molecule has 1 amide bonds. The molecule has 0 bridgehead atoms. The SMILES string of the molecule is Cc1[nH]c2c(O)cccc2c1C(=O)NCC(=O)O. The Bertz CT molecular complexity index is 630. The highest BCUT2D eigenvalue weighted by atomic mass is 16.4. The number of amides is 1. The van der Waals surface area contributed by atoms with Gasteiger partial charge in [0.1, 0.15) is 12.3 Å². The number of H-pyrrole nitrogens is 1. The van der Waals surface area contributed by atoms with Crippen molar-refractivity contribution >= 4 is 22.8 Å². The van der Waals surface area contributed by atoms with Crippen LogP contribution in [-0.2, 0) is 4.79 Å². The van der Waals surface area contributed by atoms with Crippen LogP contribution in [0.4, 0.5) is 0 Å². The summed E-state index contributed by atoms with van der Waals surface area (Å²) in [6.07, 6.45) is 0. The van der Waals surface area contributed by atoms with Crippen LogP contribution >= 0.6 is 0 Å². The molecule has 0 aliphatic heterocycles. The maximum absolute atomic E-state index is 11.9. The van der Waals surface area contributed by atoms with Crippen LogP contribution in [0, 0.1) is 6.92 Å². The average molecular weight is 248 g/mol. The third-order valence-electron chi connectivity index (χ3n) is 2.63. The van der Waals surface area contributed by atoms with E-state index in [-0.39, 0.29) is 5.75 Å². The molecule has 0 fully saturated rings. The smallest absolute Gasteiger partial charge is 0.322 e. The Morgan fingerprint density at radius 3 is 2.78 bits per heavy atom. The van der Waals surface area contributed by atoms with Gasteiger partial charge in [0.2, 0.25) is 0 Å². The van der Waals surface area contributed by atoms with Crippen LogP contribution in [0.2, 0.25) is 0 Å². The fraction of sp³-hybridized carbons (Fsp3) is 0.167. The molecule has 18 heavy (non-hydrogen) atoms. The number of nitrogens with one attached hydrogen (secondary N) is 2. The first-order valence-corrected chi connectivity index (χ1v) is 5.31. The van der Waals surface area contributed by atoms with Crippen LogP contribution in [0.15, 0.2) is 18.2 Å². The van der Waals surface area contributed by atoms with E-state index in [1.807, 2.05) is 0 Å². The molecule has 0 saturated carbocycles. The number of rotatable bonds is 3. The zero-order chi connectivity index (χ0) is 13.3. The van der Waals surface area contributed by atoms with E-state index in [0.29, 0.717) is 22.2 Å². The van der Waals surface area contributed by atoms with Gasteiger partial charge in [0, 0.05) is 11.1 Å². The summed E-state index contributed by atoms with van der Waals surface area (Å²) in [5, 5.41) is 21.0. The summed E-state index contributed by atoms with van der Waals surface area (Å²) in [5.41, 5.74) is 1.40. The predicted octanol–water partition coefficient (Wildman–Crippen LogP) is 0.996. The molecule has 0 atom stereocenters. The minimum absolute atomic E-state index is 0.0490. The molecule has 2 rings (SSSR count). The van der Waals surface area contributed by atoms with E-state index in [2.05, 4.69) is 10.3 Å². The number of aromatic hydroxyl groups is 1. The number of hydrogen-bond donors (Lipinski definition) is 4. The largest absolute Gasteiger partial charge is 0.506 e.